The molecule has 5 heteroatoms. The molecule has 5 nitrogen and oxygen atoms in total. The number of carbonyl (C=O) groups excluding carboxylic acids is 1. The van der Waals surface area contributed by atoms with Crippen LogP contribution >= 0.6 is 0 Å². The van der Waals surface area contributed by atoms with E-state index in [9.17, 15) is 4.79 Å². The maximum absolute atomic E-state index is 13.0. The van der Waals surface area contributed by atoms with Gasteiger partial charge in [-0.05, 0) is 31.5 Å². The summed E-state index contributed by atoms with van der Waals surface area (Å²) in [5.41, 5.74) is 8.04. The van der Waals surface area contributed by atoms with Gasteiger partial charge in [-0.25, -0.2) is 0 Å². The zero-order valence-electron chi connectivity index (χ0n) is 13.3. The average molecular weight is 291 g/mol. The van der Waals surface area contributed by atoms with Gasteiger partial charge in [0.25, 0.3) is 5.91 Å². The lowest BCUT2D eigenvalue weighted by molar-refractivity contribution is -0.0443. The molecule has 0 aliphatic carbocycles. The summed E-state index contributed by atoms with van der Waals surface area (Å²) in [6, 6.07) is 5.62. The Labute approximate surface area is 126 Å². The van der Waals surface area contributed by atoms with Crippen LogP contribution in [0.25, 0.3) is 0 Å². The van der Waals surface area contributed by atoms with E-state index in [1.807, 2.05) is 43.0 Å². The highest BCUT2D eigenvalue weighted by molar-refractivity contribution is 6.01. The summed E-state index contributed by atoms with van der Waals surface area (Å²) in [5.74, 6) is 0.0352. The predicted molar refractivity (Wildman–Crippen MR) is 85.7 cm³/mol. The number of amides is 1. The molecule has 2 N–H and O–H groups in total. The van der Waals surface area contributed by atoms with Gasteiger partial charge in [-0.15, -0.1) is 0 Å². The first-order valence-electron chi connectivity index (χ1n) is 7.43. The van der Waals surface area contributed by atoms with E-state index in [4.69, 9.17) is 10.5 Å². The standard InChI is InChI=1S/C16H25N3O2/c1-5-13-10-21-11(2)9-19(13)16(20)14-8-12(17)6-7-15(14)18(3)4/h6-8,11,13H,5,9-10,17H2,1-4H3. The maximum atomic E-state index is 13.0. The molecule has 1 fully saturated rings. The summed E-state index contributed by atoms with van der Waals surface area (Å²) in [4.78, 5) is 16.8. The van der Waals surface area contributed by atoms with Crippen LogP contribution in [0, 0.1) is 0 Å². The summed E-state index contributed by atoms with van der Waals surface area (Å²) >= 11 is 0. The van der Waals surface area contributed by atoms with Crippen molar-refractivity contribution in [3.8, 4) is 0 Å². The van der Waals surface area contributed by atoms with Gasteiger partial charge in [0.1, 0.15) is 0 Å². The van der Waals surface area contributed by atoms with Crippen LogP contribution in [0.5, 0.6) is 0 Å². The van der Waals surface area contributed by atoms with Crippen molar-refractivity contribution in [1.29, 1.82) is 0 Å². The molecule has 116 valence electrons. The molecule has 1 amide bonds. The van der Waals surface area contributed by atoms with Crippen molar-refractivity contribution in [2.24, 2.45) is 0 Å². The Hall–Kier alpha value is -1.75. The fourth-order valence-corrected chi connectivity index (χ4v) is 2.70. The first-order valence-corrected chi connectivity index (χ1v) is 7.43. The molecule has 1 aliphatic heterocycles. The van der Waals surface area contributed by atoms with E-state index in [2.05, 4.69) is 6.92 Å². The van der Waals surface area contributed by atoms with Crippen molar-refractivity contribution < 1.29 is 9.53 Å². The quantitative estimate of drug-likeness (QED) is 0.865. The number of hydrogen-bond acceptors (Lipinski definition) is 4. The summed E-state index contributed by atoms with van der Waals surface area (Å²) in [6.07, 6.45) is 0.957. The third-order valence-corrected chi connectivity index (χ3v) is 3.93. The van der Waals surface area contributed by atoms with Gasteiger partial charge in [-0.3, -0.25) is 4.79 Å². The Morgan fingerprint density at radius 1 is 1.48 bits per heavy atom. The molecule has 0 spiro atoms. The number of rotatable bonds is 3. The van der Waals surface area contributed by atoms with Crippen molar-refractivity contribution in [3.05, 3.63) is 23.8 Å². The molecule has 21 heavy (non-hydrogen) atoms. The Morgan fingerprint density at radius 3 is 2.81 bits per heavy atom. The molecule has 1 aromatic carbocycles. The molecule has 1 heterocycles. The molecule has 1 aromatic rings. The van der Waals surface area contributed by atoms with E-state index in [0.29, 0.717) is 24.4 Å². The lowest BCUT2D eigenvalue weighted by Crippen LogP contribution is -2.51. The third-order valence-electron chi connectivity index (χ3n) is 3.93. The van der Waals surface area contributed by atoms with E-state index in [-0.39, 0.29) is 18.1 Å². The van der Waals surface area contributed by atoms with E-state index < -0.39 is 0 Å². The summed E-state index contributed by atoms with van der Waals surface area (Å²) in [5, 5.41) is 0. The van der Waals surface area contributed by atoms with Gasteiger partial charge in [-0.1, -0.05) is 6.92 Å². The van der Waals surface area contributed by atoms with Gasteiger partial charge in [-0.2, -0.15) is 0 Å². The highest BCUT2D eigenvalue weighted by Crippen LogP contribution is 2.26. The van der Waals surface area contributed by atoms with Gasteiger partial charge in [0.05, 0.1) is 24.3 Å². The minimum absolute atomic E-state index is 0.0352. The van der Waals surface area contributed by atoms with Crippen molar-refractivity contribution in [3.63, 3.8) is 0 Å². The lowest BCUT2D eigenvalue weighted by atomic mass is 10.1. The fourth-order valence-electron chi connectivity index (χ4n) is 2.70. The van der Waals surface area contributed by atoms with Gasteiger partial charge < -0.3 is 20.3 Å². The van der Waals surface area contributed by atoms with Crippen LogP contribution in [0.1, 0.15) is 30.6 Å². The number of nitrogen functional groups attached to an aromatic ring is 1. The monoisotopic (exact) mass is 291 g/mol. The fraction of sp³-hybridized carbons (Fsp3) is 0.562. The summed E-state index contributed by atoms with van der Waals surface area (Å²) in [6.45, 7) is 5.30. The number of ether oxygens (including phenoxy) is 1. The molecular weight excluding hydrogens is 266 g/mol. The number of benzene rings is 1. The molecule has 0 saturated carbocycles. The van der Waals surface area contributed by atoms with Crippen LogP contribution in [-0.2, 0) is 4.74 Å². The molecule has 1 saturated heterocycles. The predicted octanol–water partition coefficient (Wildman–Crippen LogP) is 1.97. The minimum atomic E-state index is 0.0352. The number of morpholine rings is 1. The largest absolute Gasteiger partial charge is 0.399 e. The van der Waals surface area contributed by atoms with Crippen LogP contribution in [0.15, 0.2) is 18.2 Å². The molecule has 0 aromatic heterocycles. The van der Waals surface area contributed by atoms with Crippen LogP contribution in [0.3, 0.4) is 0 Å². The third kappa shape index (κ3) is 3.29. The van der Waals surface area contributed by atoms with Gasteiger partial charge >= 0.3 is 0 Å². The van der Waals surface area contributed by atoms with E-state index in [0.717, 1.165) is 12.1 Å². The zero-order chi connectivity index (χ0) is 15.6. The summed E-state index contributed by atoms with van der Waals surface area (Å²) in [7, 11) is 3.86. The SMILES string of the molecule is CCC1COC(C)CN1C(=O)c1cc(N)ccc1N(C)C. The second-order valence-corrected chi connectivity index (χ2v) is 5.83. The van der Waals surface area contributed by atoms with Crippen LogP contribution < -0.4 is 10.6 Å². The Balaban J connectivity index is 2.35. The van der Waals surface area contributed by atoms with Gasteiger partial charge in [0.2, 0.25) is 0 Å². The number of anilines is 2. The van der Waals surface area contributed by atoms with Crippen LogP contribution in [0.4, 0.5) is 11.4 Å². The highest BCUT2D eigenvalue weighted by Gasteiger charge is 2.31. The highest BCUT2D eigenvalue weighted by atomic mass is 16.5. The Morgan fingerprint density at radius 2 is 2.19 bits per heavy atom. The van der Waals surface area contributed by atoms with E-state index >= 15 is 0 Å². The molecule has 0 bridgehead atoms. The topological polar surface area (TPSA) is 58.8 Å². The van der Waals surface area contributed by atoms with Crippen LogP contribution in [-0.4, -0.2) is 50.2 Å². The molecule has 1 aliphatic rings. The first-order chi connectivity index (χ1) is 9.93. The zero-order valence-corrected chi connectivity index (χ0v) is 13.3. The number of hydrogen-bond donors (Lipinski definition) is 1. The van der Waals surface area contributed by atoms with E-state index in [1.54, 1.807) is 6.07 Å². The molecule has 2 atom stereocenters. The number of nitrogens with two attached hydrogens (primary N) is 1. The maximum Gasteiger partial charge on any atom is 0.256 e. The summed E-state index contributed by atoms with van der Waals surface area (Å²) < 4.78 is 5.67. The van der Waals surface area contributed by atoms with Gasteiger partial charge in [0.15, 0.2) is 0 Å². The number of carbonyl (C=O) groups is 1. The Bertz CT molecular complexity index is 516. The minimum Gasteiger partial charge on any atom is -0.399 e. The molecule has 0 radical (unpaired) electrons. The van der Waals surface area contributed by atoms with Crippen molar-refractivity contribution in [2.45, 2.75) is 32.4 Å². The van der Waals surface area contributed by atoms with Gasteiger partial charge in [0, 0.05) is 32.0 Å². The Kier molecular flexibility index (Phi) is 4.73. The van der Waals surface area contributed by atoms with Crippen molar-refractivity contribution in [2.75, 3.05) is 37.9 Å². The molecule has 2 unspecified atom stereocenters. The smallest absolute Gasteiger partial charge is 0.256 e. The van der Waals surface area contributed by atoms with Crippen molar-refractivity contribution >= 4 is 17.3 Å². The molecule has 2 rings (SSSR count). The average Bonchev–Trinajstić information content (AvgIpc) is 2.46. The van der Waals surface area contributed by atoms with Crippen LogP contribution in [0.2, 0.25) is 0 Å². The number of nitrogens with zero attached hydrogens (tertiary/aromatic N) is 2. The first kappa shape index (κ1) is 15.6. The second-order valence-electron chi connectivity index (χ2n) is 5.83. The lowest BCUT2D eigenvalue weighted by Gasteiger charge is -2.38. The normalized spacial score (nSPS) is 22.2. The van der Waals surface area contributed by atoms with Crippen molar-refractivity contribution in [1.82, 2.24) is 4.90 Å². The molecular formula is C16H25N3O2. The second kappa shape index (κ2) is 6.35. The van der Waals surface area contributed by atoms with E-state index in [1.165, 1.54) is 0 Å².